The molecule has 0 N–H and O–H groups in total. The SMILES string of the molecule is CCCCCCCCCC1CCCCCCC(=O)O1. The molecular formula is C17H32O2. The van der Waals surface area contributed by atoms with E-state index in [2.05, 4.69) is 6.92 Å². The lowest BCUT2D eigenvalue weighted by Gasteiger charge is -2.16. The maximum absolute atomic E-state index is 11.6. The van der Waals surface area contributed by atoms with E-state index in [0.29, 0.717) is 6.42 Å². The number of hydrogen-bond donors (Lipinski definition) is 0. The molecular weight excluding hydrogens is 236 g/mol. The van der Waals surface area contributed by atoms with Gasteiger partial charge < -0.3 is 4.74 Å². The van der Waals surface area contributed by atoms with Crippen LogP contribution in [0.2, 0.25) is 0 Å². The fraction of sp³-hybridized carbons (Fsp3) is 0.941. The van der Waals surface area contributed by atoms with Crippen molar-refractivity contribution >= 4 is 5.97 Å². The number of ether oxygens (including phenoxy) is 1. The molecule has 1 aliphatic heterocycles. The summed E-state index contributed by atoms with van der Waals surface area (Å²) in [6.07, 6.45) is 17.0. The first-order valence-corrected chi connectivity index (χ1v) is 8.52. The number of carbonyl (C=O) groups is 1. The van der Waals surface area contributed by atoms with Crippen molar-refractivity contribution in [3.05, 3.63) is 0 Å². The Balaban J connectivity index is 2.06. The molecule has 0 aromatic rings. The van der Waals surface area contributed by atoms with Crippen LogP contribution in [0.1, 0.15) is 96.8 Å². The van der Waals surface area contributed by atoms with Crippen LogP contribution in [0, 0.1) is 0 Å². The highest BCUT2D eigenvalue weighted by Gasteiger charge is 2.15. The Kier molecular flexibility index (Phi) is 9.84. The van der Waals surface area contributed by atoms with Gasteiger partial charge in [-0.3, -0.25) is 4.79 Å². The number of rotatable bonds is 8. The summed E-state index contributed by atoms with van der Waals surface area (Å²) in [5.41, 5.74) is 0. The van der Waals surface area contributed by atoms with Crippen molar-refractivity contribution < 1.29 is 9.53 Å². The van der Waals surface area contributed by atoms with Crippen molar-refractivity contribution in [2.45, 2.75) is 103 Å². The monoisotopic (exact) mass is 268 g/mol. The van der Waals surface area contributed by atoms with Gasteiger partial charge in [0.2, 0.25) is 0 Å². The molecule has 2 nitrogen and oxygen atoms in total. The predicted octanol–water partition coefficient (Wildman–Crippen LogP) is 5.39. The van der Waals surface area contributed by atoms with Gasteiger partial charge in [0.05, 0.1) is 0 Å². The van der Waals surface area contributed by atoms with Crippen LogP contribution in [-0.4, -0.2) is 12.1 Å². The molecule has 1 unspecified atom stereocenters. The molecule has 0 radical (unpaired) electrons. The molecule has 0 aromatic carbocycles. The van der Waals surface area contributed by atoms with E-state index in [1.54, 1.807) is 0 Å². The standard InChI is InChI=1S/C17H32O2/c1-2-3-4-5-6-7-10-13-16-14-11-8-9-12-15-17(18)19-16/h16H,2-15H2,1H3. The third-order valence-electron chi connectivity index (χ3n) is 4.08. The van der Waals surface area contributed by atoms with Crippen molar-refractivity contribution in [3.8, 4) is 0 Å². The zero-order chi connectivity index (χ0) is 13.8. The maximum atomic E-state index is 11.6. The van der Waals surface area contributed by atoms with Crippen LogP contribution in [0.4, 0.5) is 0 Å². The summed E-state index contributed by atoms with van der Waals surface area (Å²) in [6.45, 7) is 2.26. The molecule has 1 fully saturated rings. The summed E-state index contributed by atoms with van der Waals surface area (Å²) in [7, 11) is 0. The average molecular weight is 268 g/mol. The zero-order valence-electron chi connectivity index (χ0n) is 12.8. The first-order valence-electron chi connectivity index (χ1n) is 8.52. The first kappa shape index (κ1) is 16.5. The van der Waals surface area contributed by atoms with Gasteiger partial charge >= 0.3 is 5.97 Å². The summed E-state index contributed by atoms with van der Waals surface area (Å²) in [6, 6.07) is 0. The number of hydrogen-bond acceptors (Lipinski definition) is 2. The summed E-state index contributed by atoms with van der Waals surface area (Å²) >= 11 is 0. The zero-order valence-corrected chi connectivity index (χ0v) is 12.8. The molecule has 1 rings (SSSR count). The third kappa shape index (κ3) is 9.07. The summed E-state index contributed by atoms with van der Waals surface area (Å²) in [4.78, 5) is 11.6. The van der Waals surface area contributed by atoms with E-state index < -0.39 is 0 Å². The number of cyclic esters (lactones) is 1. The molecule has 1 heterocycles. The van der Waals surface area contributed by atoms with Gasteiger partial charge in [-0.2, -0.15) is 0 Å². The third-order valence-corrected chi connectivity index (χ3v) is 4.08. The van der Waals surface area contributed by atoms with Crippen LogP contribution in [0.5, 0.6) is 0 Å². The second kappa shape index (κ2) is 11.3. The highest BCUT2D eigenvalue weighted by atomic mass is 16.5. The largest absolute Gasteiger partial charge is 0.462 e. The Labute approximate surface area is 119 Å². The van der Waals surface area contributed by atoms with Gasteiger partial charge in [-0.1, -0.05) is 58.3 Å². The predicted molar refractivity (Wildman–Crippen MR) is 80.2 cm³/mol. The molecule has 0 aliphatic carbocycles. The lowest BCUT2D eigenvalue weighted by molar-refractivity contribution is -0.149. The van der Waals surface area contributed by atoms with Crippen LogP contribution in [0.15, 0.2) is 0 Å². The maximum Gasteiger partial charge on any atom is 0.306 e. The summed E-state index contributed by atoms with van der Waals surface area (Å²) in [5.74, 6) is 0.0369. The molecule has 0 spiro atoms. The topological polar surface area (TPSA) is 26.3 Å². The van der Waals surface area contributed by atoms with Crippen LogP contribution >= 0.6 is 0 Å². The Bertz CT molecular complexity index is 225. The van der Waals surface area contributed by atoms with Crippen LogP contribution in [0.3, 0.4) is 0 Å². The quantitative estimate of drug-likeness (QED) is 0.435. The van der Waals surface area contributed by atoms with Crippen molar-refractivity contribution in [1.29, 1.82) is 0 Å². The molecule has 0 bridgehead atoms. The molecule has 0 saturated carbocycles. The fourth-order valence-electron chi connectivity index (χ4n) is 2.83. The van der Waals surface area contributed by atoms with Crippen LogP contribution in [0.25, 0.3) is 0 Å². The molecule has 1 saturated heterocycles. The molecule has 112 valence electrons. The molecule has 0 aromatic heterocycles. The molecule has 1 atom stereocenters. The lowest BCUT2D eigenvalue weighted by atomic mass is 10.0. The smallest absolute Gasteiger partial charge is 0.306 e. The van der Waals surface area contributed by atoms with Crippen LogP contribution in [-0.2, 0) is 9.53 Å². The minimum atomic E-state index is 0.0369. The minimum Gasteiger partial charge on any atom is -0.462 e. The highest BCUT2D eigenvalue weighted by molar-refractivity contribution is 5.69. The normalized spacial score (nSPS) is 21.3. The van der Waals surface area contributed by atoms with E-state index in [4.69, 9.17) is 4.74 Å². The highest BCUT2D eigenvalue weighted by Crippen LogP contribution is 2.19. The van der Waals surface area contributed by atoms with Crippen molar-refractivity contribution in [3.63, 3.8) is 0 Å². The Morgan fingerprint density at radius 1 is 0.947 bits per heavy atom. The molecule has 19 heavy (non-hydrogen) atoms. The van der Waals surface area contributed by atoms with Gasteiger partial charge in [0.1, 0.15) is 6.10 Å². The lowest BCUT2D eigenvalue weighted by Crippen LogP contribution is -2.17. The minimum absolute atomic E-state index is 0.0369. The van der Waals surface area contributed by atoms with Crippen molar-refractivity contribution in [2.24, 2.45) is 0 Å². The second-order valence-corrected chi connectivity index (χ2v) is 5.97. The summed E-state index contributed by atoms with van der Waals surface area (Å²) in [5, 5.41) is 0. The Morgan fingerprint density at radius 3 is 2.42 bits per heavy atom. The van der Waals surface area contributed by atoms with Crippen molar-refractivity contribution in [1.82, 2.24) is 0 Å². The van der Waals surface area contributed by atoms with Crippen LogP contribution < -0.4 is 0 Å². The van der Waals surface area contributed by atoms with Gasteiger partial charge in [-0.15, -0.1) is 0 Å². The first-order chi connectivity index (χ1) is 9.33. The van der Waals surface area contributed by atoms with Gasteiger partial charge in [-0.05, 0) is 32.1 Å². The Morgan fingerprint density at radius 2 is 1.63 bits per heavy atom. The van der Waals surface area contributed by atoms with E-state index in [0.717, 1.165) is 19.3 Å². The van der Waals surface area contributed by atoms with E-state index >= 15 is 0 Å². The van der Waals surface area contributed by atoms with E-state index in [9.17, 15) is 4.79 Å². The van der Waals surface area contributed by atoms with E-state index in [1.807, 2.05) is 0 Å². The number of esters is 1. The van der Waals surface area contributed by atoms with Gasteiger partial charge in [0.25, 0.3) is 0 Å². The second-order valence-electron chi connectivity index (χ2n) is 5.97. The fourth-order valence-corrected chi connectivity index (χ4v) is 2.83. The summed E-state index contributed by atoms with van der Waals surface area (Å²) < 4.78 is 5.58. The van der Waals surface area contributed by atoms with Gasteiger partial charge in [0.15, 0.2) is 0 Å². The van der Waals surface area contributed by atoms with Gasteiger partial charge in [0, 0.05) is 6.42 Å². The van der Waals surface area contributed by atoms with Crippen molar-refractivity contribution in [2.75, 3.05) is 0 Å². The van der Waals surface area contributed by atoms with Gasteiger partial charge in [-0.25, -0.2) is 0 Å². The number of carbonyl (C=O) groups excluding carboxylic acids is 1. The van der Waals surface area contributed by atoms with E-state index in [-0.39, 0.29) is 12.1 Å². The average Bonchev–Trinajstić information content (AvgIpc) is 2.50. The molecule has 2 heteroatoms. The Hall–Kier alpha value is -0.530. The molecule has 1 aliphatic rings. The molecule has 0 amide bonds. The number of unbranched alkanes of at least 4 members (excludes halogenated alkanes) is 6. The van der Waals surface area contributed by atoms with E-state index in [1.165, 1.54) is 64.2 Å².